The fraction of sp³-hybridized carbons (Fsp3) is 0.176. The SMILES string of the molecule is C/C(=N\NC(=O)CN(c1cccc(Br)c1)S(C)(=O)=O)c1ccc(Cl)cc1. The third-order valence-corrected chi connectivity index (χ3v) is 5.28. The summed E-state index contributed by atoms with van der Waals surface area (Å²) in [6, 6.07) is 13.7. The van der Waals surface area contributed by atoms with Gasteiger partial charge >= 0.3 is 0 Å². The number of sulfonamides is 1. The number of hydrogen-bond donors (Lipinski definition) is 1. The Morgan fingerprint density at radius 1 is 1.23 bits per heavy atom. The van der Waals surface area contributed by atoms with Crippen LogP contribution in [0.5, 0.6) is 0 Å². The van der Waals surface area contributed by atoms with Crippen LogP contribution in [0.25, 0.3) is 0 Å². The van der Waals surface area contributed by atoms with Gasteiger partial charge in [0.15, 0.2) is 0 Å². The van der Waals surface area contributed by atoms with Gasteiger partial charge in [-0.25, -0.2) is 13.8 Å². The molecule has 2 aromatic rings. The van der Waals surface area contributed by atoms with Gasteiger partial charge in [0.1, 0.15) is 6.54 Å². The lowest BCUT2D eigenvalue weighted by Gasteiger charge is -2.21. The summed E-state index contributed by atoms with van der Waals surface area (Å²) < 4.78 is 25.8. The third kappa shape index (κ3) is 5.82. The van der Waals surface area contributed by atoms with E-state index in [-0.39, 0.29) is 6.54 Å². The van der Waals surface area contributed by atoms with Gasteiger partial charge in [0.25, 0.3) is 5.91 Å². The Bertz CT molecular complexity index is 931. The maximum absolute atomic E-state index is 12.2. The van der Waals surface area contributed by atoms with Gasteiger partial charge in [0.05, 0.1) is 17.7 Å². The first-order chi connectivity index (χ1) is 12.2. The number of anilines is 1. The van der Waals surface area contributed by atoms with E-state index in [1.165, 1.54) is 0 Å². The zero-order valence-corrected chi connectivity index (χ0v) is 17.3. The summed E-state index contributed by atoms with van der Waals surface area (Å²) in [7, 11) is -3.64. The van der Waals surface area contributed by atoms with Gasteiger partial charge in [0.2, 0.25) is 10.0 Å². The van der Waals surface area contributed by atoms with E-state index in [2.05, 4.69) is 26.5 Å². The van der Waals surface area contributed by atoms with E-state index in [4.69, 9.17) is 11.6 Å². The lowest BCUT2D eigenvalue weighted by molar-refractivity contribution is -0.119. The van der Waals surface area contributed by atoms with E-state index < -0.39 is 15.9 Å². The van der Waals surface area contributed by atoms with Crippen molar-refractivity contribution in [2.45, 2.75) is 6.92 Å². The summed E-state index contributed by atoms with van der Waals surface area (Å²) in [4.78, 5) is 12.2. The van der Waals surface area contributed by atoms with E-state index in [9.17, 15) is 13.2 Å². The largest absolute Gasteiger partial charge is 0.271 e. The molecule has 6 nitrogen and oxygen atoms in total. The van der Waals surface area contributed by atoms with Crippen molar-refractivity contribution in [3.05, 3.63) is 63.6 Å². The molecule has 0 aliphatic rings. The molecule has 0 unspecified atom stereocenters. The molecule has 0 saturated carbocycles. The highest BCUT2D eigenvalue weighted by atomic mass is 79.9. The highest BCUT2D eigenvalue weighted by Gasteiger charge is 2.21. The summed E-state index contributed by atoms with van der Waals surface area (Å²) in [5.74, 6) is -0.552. The number of halogens is 2. The first kappa shape index (κ1) is 20.4. The Kier molecular flexibility index (Phi) is 6.80. The first-order valence-electron chi connectivity index (χ1n) is 7.49. The van der Waals surface area contributed by atoms with Crippen molar-refractivity contribution in [2.24, 2.45) is 5.10 Å². The Hall–Kier alpha value is -1.90. The summed E-state index contributed by atoms with van der Waals surface area (Å²) in [5.41, 5.74) is 4.13. The second kappa shape index (κ2) is 8.66. The van der Waals surface area contributed by atoms with Gasteiger partial charge in [-0.3, -0.25) is 9.10 Å². The molecule has 0 bridgehead atoms. The van der Waals surface area contributed by atoms with E-state index in [1.54, 1.807) is 55.5 Å². The Balaban J connectivity index is 2.12. The molecule has 0 spiro atoms. The molecule has 0 saturated heterocycles. The smallest absolute Gasteiger partial charge is 0.260 e. The molecule has 9 heteroatoms. The molecule has 26 heavy (non-hydrogen) atoms. The molecular weight excluding hydrogens is 442 g/mol. The number of nitrogens with zero attached hydrogens (tertiary/aromatic N) is 2. The van der Waals surface area contributed by atoms with Crippen LogP contribution in [0.4, 0.5) is 5.69 Å². The molecule has 138 valence electrons. The van der Waals surface area contributed by atoms with Gasteiger partial charge in [-0.05, 0) is 42.8 Å². The Labute approximate surface area is 166 Å². The molecular formula is C17H17BrClN3O3S. The molecule has 1 amide bonds. The number of nitrogens with one attached hydrogen (secondary N) is 1. The number of carbonyl (C=O) groups excluding carboxylic acids is 1. The van der Waals surface area contributed by atoms with Crippen LogP contribution in [-0.2, 0) is 14.8 Å². The number of hydrazone groups is 1. The van der Waals surface area contributed by atoms with Crippen LogP contribution in [-0.4, -0.2) is 32.8 Å². The van der Waals surface area contributed by atoms with Crippen molar-refractivity contribution in [3.8, 4) is 0 Å². The zero-order chi connectivity index (χ0) is 19.3. The lowest BCUT2D eigenvalue weighted by Crippen LogP contribution is -2.39. The van der Waals surface area contributed by atoms with Gasteiger partial charge in [0, 0.05) is 9.50 Å². The van der Waals surface area contributed by atoms with Crippen LogP contribution in [0.2, 0.25) is 5.02 Å². The fourth-order valence-corrected chi connectivity index (χ4v) is 3.46. The van der Waals surface area contributed by atoms with Crippen molar-refractivity contribution in [2.75, 3.05) is 17.1 Å². The van der Waals surface area contributed by atoms with Crippen LogP contribution < -0.4 is 9.73 Å². The van der Waals surface area contributed by atoms with Crippen LogP contribution >= 0.6 is 27.5 Å². The molecule has 0 aliphatic carbocycles. The summed E-state index contributed by atoms with van der Waals surface area (Å²) in [6.07, 6.45) is 1.05. The minimum absolute atomic E-state index is 0.382. The molecule has 0 radical (unpaired) electrons. The molecule has 0 heterocycles. The van der Waals surface area contributed by atoms with E-state index in [0.29, 0.717) is 20.9 Å². The second-order valence-corrected chi connectivity index (χ2v) is 8.75. The quantitative estimate of drug-likeness (QED) is 0.532. The predicted molar refractivity (Wildman–Crippen MR) is 108 cm³/mol. The van der Waals surface area contributed by atoms with Crippen LogP contribution in [0.15, 0.2) is 58.1 Å². The van der Waals surface area contributed by atoms with Crippen molar-refractivity contribution >= 4 is 54.9 Å². The number of benzene rings is 2. The van der Waals surface area contributed by atoms with Gasteiger partial charge < -0.3 is 0 Å². The van der Waals surface area contributed by atoms with Crippen molar-refractivity contribution in [1.29, 1.82) is 0 Å². The van der Waals surface area contributed by atoms with Crippen LogP contribution in [0.1, 0.15) is 12.5 Å². The fourth-order valence-electron chi connectivity index (χ4n) is 2.10. The Morgan fingerprint density at radius 2 is 1.88 bits per heavy atom. The van der Waals surface area contributed by atoms with Crippen LogP contribution in [0, 0.1) is 0 Å². The van der Waals surface area contributed by atoms with Crippen molar-refractivity contribution in [1.82, 2.24) is 5.43 Å². The monoisotopic (exact) mass is 457 g/mol. The average Bonchev–Trinajstić information content (AvgIpc) is 2.57. The maximum atomic E-state index is 12.2. The number of amides is 1. The molecule has 2 aromatic carbocycles. The Morgan fingerprint density at radius 3 is 2.46 bits per heavy atom. The molecule has 1 N–H and O–H groups in total. The minimum Gasteiger partial charge on any atom is -0.271 e. The molecule has 0 aromatic heterocycles. The third-order valence-electron chi connectivity index (χ3n) is 3.39. The summed E-state index contributed by atoms with van der Waals surface area (Å²) in [5, 5.41) is 4.61. The zero-order valence-electron chi connectivity index (χ0n) is 14.1. The van der Waals surface area contributed by atoms with E-state index in [1.807, 2.05) is 0 Å². The lowest BCUT2D eigenvalue weighted by atomic mass is 10.1. The maximum Gasteiger partial charge on any atom is 0.260 e. The van der Waals surface area contributed by atoms with Gasteiger partial charge in [-0.1, -0.05) is 45.7 Å². The predicted octanol–water partition coefficient (Wildman–Crippen LogP) is 3.41. The number of rotatable bonds is 6. The average molecular weight is 459 g/mol. The topological polar surface area (TPSA) is 78.8 Å². The second-order valence-electron chi connectivity index (χ2n) is 5.49. The normalized spacial score (nSPS) is 11.9. The number of hydrogen-bond acceptors (Lipinski definition) is 4. The standard InChI is InChI=1S/C17H17BrClN3O3S/c1-12(13-6-8-15(19)9-7-13)20-21-17(23)11-22(26(2,24)25)16-5-3-4-14(18)10-16/h3-10H,11H2,1-2H3,(H,21,23)/b20-12+. The number of carbonyl (C=O) groups is 1. The van der Waals surface area contributed by atoms with Crippen molar-refractivity contribution < 1.29 is 13.2 Å². The van der Waals surface area contributed by atoms with Gasteiger partial charge in [-0.2, -0.15) is 5.10 Å². The van der Waals surface area contributed by atoms with E-state index >= 15 is 0 Å². The summed E-state index contributed by atoms with van der Waals surface area (Å²) >= 11 is 9.13. The van der Waals surface area contributed by atoms with Crippen LogP contribution in [0.3, 0.4) is 0 Å². The van der Waals surface area contributed by atoms with E-state index in [0.717, 1.165) is 16.1 Å². The van der Waals surface area contributed by atoms with Gasteiger partial charge in [-0.15, -0.1) is 0 Å². The highest BCUT2D eigenvalue weighted by molar-refractivity contribution is 9.10. The molecule has 0 aliphatic heterocycles. The first-order valence-corrected chi connectivity index (χ1v) is 10.5. The summed E-state index contributed by atoms with van der Waals surface area (Å²) in [6.45, 7) is 1.35. The minimum atomic E-state index is -3.64. The molecule has 2 rings (SSSR count). The highest BCUT2D eigenvalue weighted by Crippen LogP contribution is 2.21. The molecule has 0 fully saturated rings. The van der Waals surface area contributed by atoms with Crippen molar-refractivity contribution in [3.63, 3.8) is 0 Å². The molecule has 0 atom stereocenters.